The second kappa shape index (κ2) is 8.52. The van der Waals surface area contributed by atoms with Crippen molar-refractivity contribution in [1.82, 2.24) is 15.1 Å². The Bertz CT molecular complexity index is 1090. The topological polar surface area (TPSA) is 46.9 Å². The van der Waals surface area contributed by atoms with E-state index in [4.69, 9.17) is 0 Å². The smallest absolute Gasteiger partial charge is 0.251 e. The molecule has 0 fully saturated rings. The SMILES string of the molecule is O=C(NCc1ccccc1-c1ccc(Cn2cccn2)cc1)c1ccc(F)cc1. The van der Waals surface area contributed by atoms with Crippen LogP contribution in [0.25, 0.3) is 11.1 Å². The molecule has 1 amide bonds. The van der Waals surface area contributed by atoms with E-state index in [9.17, 15) is 9.18 Å². The lowest BCUT2D eigenvalue weighted by molar-refractivity contribution is 0.0951. The second-order valence-electron chi connectivity index (χ2n) is 6.75. The summed E-state index contributed by atoms with van der Waals surface area (Å²) >= 11 is 0. The average Bonchev–Trinajstić information content (AvgIpc) is 3.26. The molecule has 0 unspecified atom stereocenters. The summed E-state index contributed by atoms with van der Waals surface area (Å²) in [5.74, 6) is -0.586. The van der Waals surface area contributed by atoms with Gasteiger partial charge < -0.3 is 5.32 Å². The highest BCUT2D eigenvalue weighted by Gasteiger charge is 2.09. The highest BCUT2D eigenvalue weighted by atomic mass is 19.1. The minimum atomic E-state index is -0.358. The molecule has 0 aliphatic heterocycles. The van der Waals surface area contributed by atoms with E-state index in [1.807, 2.05) is 41.2 Å². The molecule has 144 valence electrons. The first-order valence-electron chi connectivity index (χ1n) is 9.37. The van der Waals surface area contributed by atoms with E-state index >= 15 is 0 Å². The first kappa shape index (κ1) is 18.6. The van der Waals surface area contributed by atoms with E-state index in [0.717, 1.165) is 23.2 Å². The third-order valence-electron chi connectivity index (χ3n) is 4.73. The molecule has 0 aliphatic carbocycles. The number of hydrogen-bond donors (Lipinski definition) is 1. The van der Waals surface area contributed by atoms with Crippen molar-refractivity contribution in [3.63, 3.8) is 0 Å². The van der Waals surface area contributed by atoms with E-state index < -0.39 is 0 Å². The van der Waals surface area contributed by atoms with Crippen LogP contribution in [0, 0.1) is 5.82 Å². The van der Waals surface area contributed by atoms with E-state index in [1.165, 1.54) is 29.8 Å². The predicted octanol–water partition coefficient (Wildman–Crippen LogP) is 4.67. The number of rotatable bonds is 6. The molecule has 4 rings (SSSR count). The molecule has 5 heteroatoms. The van der Waals surface area contributed by atoms with Crippen molar-refractivity contribution in [1.29, 1.82) is 0 Å². The van der Waals surface area contributed by atoms with Crippen molar-refractivity contribution < 1.29 is 9.18 Å². The summed E-state index contributed by atoms with van der Waals surface area (Å²) in [6.07, 6.45) is 3.71. The summed E-state index contributed by atoms with van der Waals surface area (Å²) in [5.41, 5.74) is 4.77. The van der Waals surface area contributed by atoms with Crippen molar-refractivity contribution in [3.8, 4) is 11.1 Å². The van der Waals surface area contributed by atoms with E-state index in [2.05, 4.69) is 34.7 Å². The Morgan fingerprint density at radius 1 is 0.931 bits per heavy atom. The summed E-state index contributed by atoms with van der Waals surface area (Å²) in [4.78, 5) is 12.3. The van der Waals surface area contributed by atoms with Crippen molar-refractivity contribution >= 4 is 5.91 Å². The molecule has 1 aromatic heterocycles. The van der Waals surface area contributed by atoms with Crippen LogP contribution in [0.5, 0.6) is 0 Å². The zero-order valence-corrected chi connectivity index (χ0v) is 15.8. The first-order chi connectivity index (χ1) is 14.2. The van der Waals surface area contributed by atoms with Gasteiger partial charge in [0.2, 0.25) is 0 Å². The van der Waals surface area contributed by atoms with E-state index in [0.29, 0.717) is 12.1 Å². The Morgan fingerprint density at radius 2 is 1.69 bits per heavy atom. The van der Waals surface area contributed by atoms with Gasteiger partial charge in [0.05, 0.1) is 6.54 Å². The first-order valence-corrected chi connectivity index (χ1v) is 9.37. The normalized spacial score (nSPS) is 10.7. The molecule has 0 saturated carbocycles. The van der Waals surface area contributed by atoms with Crippen LogP contribution < -0.4 is 5.32 Å². The van der Waals surface area contributed by atoms with Gasteiger partial charge in [-0.3, -0.25) is 9.48 Å². The van der Waals surface area contributed by atoms with Gasteiger partial charge in [0, 0.05) is 24.5 Å². The maximum atomic E-state index is 13.0. The minimum absolute atomic E-state index is 0.227. The fraction of sp³-hybridized carbons (Fsp3) is 0.0833. The molecule has 0 aliphatic rings. The molecule has 0 saturated heterocycles. The van der Waals surface area contributed by atoms with E-state index in [-0.39, 0.29) is 11.7 Å². The molecule has 3 aromatic carbocycles. The van der Waals surface area contributed by atoms with Crippen LogP contribution >= 0.6 is 0 Å². The third kappa shape index (κ3) is 4.58. The molecular weight excluding hydrogens is 365 g/mol. The number of halogens is 1. The number of nitrogens with zero attached hydrogens (tertiary/aromatic N) is 2. The molecular formula is C24H20FN3O. The monoisotopic (exact) mass is 385 g/mol. The minimum Gasteiger partial charge on any atom is -0.348 e. The molecule has 4 nitrogen and oxygen atoms in total. The number of aromatic nitrogens is 2. The van der Waals surface area contributed by atoms with Crippen LogP contribution in [0.4, 0.5) is 4.39 Å². The van der Waals surface area contributed by atoms with Gasteiger partial charge in [0.25, 0.3) is 5.91 Å². The van der Waals surface area contributed by atoms with Crippen molar-refractivity contribution in [2.45, 2.75) is 13.1 Å². The van der Waals surface area contributed by atoms with Crippen LogP contribution in [0.15, 0.2) is 91.3 Å². The Balaban J connectivity index is 1.47. The summed E-state index contributed by atoms with van der Waals surface area (Å²) in [6.45, 7) is 1.12. The number of hydrogen-bond acceptors (Lipinski definition) is 2. The van der Waals surface area contributed by atoms with Gasteiger partial charge in [-0.15, -0.1) is 0 Å². The Kier molecular flexibility index (Phi) is 5.47. The second-order valence-corrected chi connectivity index (χ2v) is 6.75. The van der Waals surface area contributed by atoms with Gasteiger partial charge in [-0.1, -0.05) is 48.5 Å². The van der Waals surface area contributed by atoms with Gasteiger partial charge in [-0.2, -0.15) is 5.10 Å². The maximum Gasteiger partial charge on any atom is 0.251 e. The van der Waals surface area contributed by atoms with Gasteiger partial charge in [-0.25, -0.2) is 4.39 Å². The lowest BCUT2D eigenvalue weighted by Crippen LogP contribution is -2.23. The number of benzene rings is 3. The molecule has 4 aromatic rings. The lowest BCUT2D eigenvalue weighted by Gasteiger charge is -2.12. The summed E-state index contributed by atoms with van der Waals surface area (Å²) < 4.78 is 14.9. The molecule has 0 radical (unpaired) electrons. The average molecular weight is 385 g/mol. The molecule has 0 atom stereocenters. The fourth-order valence-electron chi connectivity index (χ4n) is 3.21. The van der Waals surface area contributed by atoms with Crippen LogP contribution in [-0.2, 0) is 13.1 Å². The van der Waals surface area contributed by atoms with Crippen LogP contribution in [0.2, 0.25) is 0 Å². The van der Waals surface area contributed by atoms with Crippen molar-refractivity contribution in [2.24, 2.45) is 0 Å². The van der Waals surface area contributed by atoms with Crippen LogP contribution in [0.3, 0.4) is 0 Å². The third-order valence-corrected chi connectivity index (χ3v) is 4.73. The van der Waals surface area contributed by atoms with Gasteiger partial charge in [0.1, 0.15) is 5.82 Å². The standard InChI is InChI=1S/C24H20FN3O/c25-22-12-10-20(11-13-22)24(29)26-16-21-4-1-2-5-23(21)19-8-6-18(7-9-19)17-28-15-3-14-27-28/h1-15H,16-17H2,(H,26,29). The summed E-state index contributed by atoms with van der Waals surface area (Å²) in [5, 5.41) is 7.15. The highest BCUT2D eigenvalue weighted by molar-refractivity contribution is 5.94. The highest BCUT2D eigenvalue weighted by Crippen LogP contribution is 2.24. The molecule has 1 heterocycles. The predicted molar refractivity (Wildman–Crippen MR) is 111 cm³/mol. The zero-order chi connectivity index (χ0) is 20.1. The number of carbonyl (C=O) groups excluding carboxylic acids is 1. The van der Waals surface area contributed by atoms with Gasteiger partial charge in [-0.05, 0) is 52.6 Å². The quantitative estimate of drug-likeness (QED) is 0.524. The van der Waals surface area contributed by atoms with Crippen LogP contribution in [0.1, 0.15) is 21.5 Å². The van der Waals surface area contributed by atoms with E-state index in [1.54, 1.807) is 6.20 Å². The Morgan fingerprint density at radius 3 is 2.41 bits per heavy atom. The van der Waals surface area contributed by atoms with Crippen LogP contribution in [-0.4, -0.2) is 15.7 Å². The van der Waals surface area contributed by atoms with Gasteiger partial charge in [0.15, 0.2) is 0 Å². The largest absolute Gasteiger partial charge is 0.348 e. The number of carbonyl (C=O) groups is 1. The zero-order valence-electron chi connectivity index (χ0n) is 15.8. The summed E-state index contributed by atoms with van der Waals surface area (Å²) in [6, 6.07) is 23.8. The Labute approximate surface area is 168 Å². The fourth-order valence-corrected chi connectivity index (χ4v) is 3.21. The molecule has 0 bridgehead atoms. The number of amides is 1. The maximum absolute atomic E-state index is 13.0. The summed E-state index contributed by atoms with van der Waals surface area (Å²) in [7, 11) is 0. The van der Waals surface area contributed by atoms with Crippen molar-refractivity contribution in [2.75, 3.05) is 0 Å². The Hall–Kier alpha value is -3.73. The molecule has 1 N–H and O–H groups in total. The molecule has 29 heavy (non-hydrogen) atoms. The van der Waals surface area contributed by atoms with Crippen molar-refractivity contribution in [3.05, 3.63) is 114 Å². The molecule has 0 spiro atoms. The van der Waals surface area contributed by atoms with Gasteiger partial charge >= 0.3 is 0 Å². The number of nitrogens with one attached hydrogen (secondary N) is 1. The lowest BCUT2D eigenvalue weighted by atomic mass is 9.98.